The van der Waals surface area contributed by atoms with E-state index in [1.807, 2.05) is 36.1 Å². The van der Waals surface area contributed by atoms with Gasteiger partial charge in [-0.15, -0.1) is 0 Å². The minimum atomic E-state index is -0.338. The Morgan fingerprint density at radius 3 is 2.24 bits per heavy atom. The average molecular weight is 396 g/mol. The van der Waals surface area contributed by atoms with Crippen molar-refractivity contribution in [2.45, 2.75) is 26.7 Å². The molecule has 0 radical (unpaired) electrons. The summed E-state index contributed by atoms with van der Waals surface area (Å²) >= 11 is 0. The second-order valence-electron chi connectivity index (χ2n) is 7.64. The lowest BCUT2D eigenvalue weighted by Gasteiger charge is -2.36. The molecule has 0 aromatic heterocycles. The van der Waals surface area contributed by atoms with Crippen molar-refractivity contribution < 1.29 is 14.3 Å². The molecule has 1 aliphatic heterocycles. The summed E-state index contributed by atoms with van der Waals surface area (Å²) in [5.74, 6) is 0.00465. The standard InChI is InChI=1S/C23H29N3O3/c1-16(2)20-7-5-6-17(3)21(20)24-23(28)26-14-12-25(13-15-26)19-10-8-18(9-11-19)22(27)29-4/h5-11,16H,12-15H2,1-4H3,(H,24,28). The van der Waals surface area contributed by atoms with Gasteiger partial charge in [-0.3, -0.25) is 0 Å². The molecular formula is C23H29N3O3. The van der Waals surface area contributed by atoms with Crippen molar-refractivity contribution in [2.24, 2.45) is 0 Å². The van der Waals surface area contributed by atoms with E-state index in [9.17, 15) is 9.59 Å². The first-order valence-electron chi connectivity index (χ1n) is 9.99. The number of hydrogen-bond donors (Lipinski definition) is 1. The zero-order valence-corrected chi connectivity index (χ0v) is 17.6. The van der Waals surface area contributed by atoms with E-state index in [-0.39, 0.29) is 12.0 Å². The van der Waals surface area contributed by atoms with E-state index in [0.717, 1.165) is 35.6 Å². The van der Waals surface area contributed by atoms with Crippen LogP contribution in [0.3, 0.4) is 0 Å². The number of aryl methyl sites for hydroxylation is 1. The number of piperazine rings is 1. The fraction of sp³-hybridized carbons (Fsp3) is 0.391. The number of amides is 2. The smallest absolute Gasteiger partial charge is 0.337 e. The van der Waals surface area contributed by atoms with Crippen LogP contribution >= 0.6 is 0 Å². The number of para-hydroxylation sites is 1. The summed E-state index contributed by atoms with van der Waals surface area (Å²) in [6.45, 7) is 9.08. The Hall–Kier alpha value is -3.02. The summed E-state index contributed by atoms with van der Waals surface area (Å²) in [6.07, 6.45) is 0. The van der Waals surface area contributed by atoms with Gasteiger partial charge in [0.2, 0.25) is 0 Å². The number of carbonyl (C=O) groups is 2. The second-order valence-corrected chi connectivity index (χ2v) is 7.64. The van der Waals surface area contributed by atoms with Crippen LogP contribution < -0.4 is 10.2 Å². The zero-order valence-electron chi connectivity index (χ0n) is 17.6. The Morgan fingerprint density at radius 2 is 1.66 bits per heavy atom. The van der Waals surface area contributed by atoms with Crippen molar-refractivity contribution in [3.63, 3.8) is 0 Å². The predicted molar refractivity (Wildman–Crippen MR) is 116 cm³/mol. The summed E-state index contributed by atoms with van der Waals surface area (Å²) < 4.78 is 4.74. The quantitative estimate of drug-likeness (QED) is 0.786. The first-order chi connectivity index (χ1) is 13.9. The number of anilines is 2. The van der Waals surface area contributed by atoms with Gasteiger partial charge in [-0.05, 0) is 48.2 Å². The molecule has 0 aliphatic carbocycles. The van der Waals surface area contributed by atoms with Gasteiger partial charge < -0.3 is 19.9 Å². The third kappa shape index (κ3) is 4.70. The summed E-state index contributed by atoms with van der Waals surface area (Å²) in [5.41, 5.74) is 4.73. The molecule has 0 saturated carbocycles. The number of rotatable bonds is 4. The number of esters is 1. The number of benzene rings is 2. The minimum absolute atomic E-state index is 0.0538. The molecule has 2 aromatic rings. The van der Waals surface area contributed by atoms with Gasteiger partial charge in [0.25, 0.3) is 0 Å². The summed E-state index contributed by atoms with van der Waals surface area (Å²) in [6, 6.07) is 13.5. The molecule has 2 aromatic carbocycles. The van der Waals surface area contributed by atoms with Crippen LogP contribution in [0.25, 0.3) is 0 Å². The van der Waals surface area contributed by atoms with Gasteiger partial charge in [0, 0.05) is 37.6 Å². The minimum Gasteiger partial charge on any atom is -0.465 e. The van der Waals surface area contributed by atoms with Crippen LogP contribution in [-0.2, 0) is 4.74 Å². The van der Waals surface area contributed by atoms with E-state index in [1.54, 1.807) is 12.1 Å². The maximum absolute atomic E-state index is 12.8. The highest BCUT2D eigenvalue weighted by Crippen LogP contribution is 2.28. The highest BCUT2D eigenvalue weighted by Gasteiger charge is 2.23. The van der Waals surface area contributed by atoms with Crippen LogP contribution in [0.15, 0.2) is 42.5 Å². The van der Waals surface area contributed by atoms with Crippen LogP contribution in [0.2, 0.25) is 0 Å². The van der Waals surface area contributed by atoms with Gasteiger partial charge in [-0.2, -0.15) is 0 Å². The van der Waals surface area contributed by atoms with Crippen LogP contribution in [0.1, 0.15) is 41.3 Å². The lowest BCUT2D eigenvalue weighted by atomic mass is 9.98. The molecule has 29 heavy (non-hydrogen) atoms. The van der Waals surface area contributed by atoms with Gasteiger partial charge in [0.1, 0.15) is 0 Å². The molecule has 1 N–H and O–H groups in total. The van der Waals surface area contributed by atoms with Gasteiger partial charge in [0.05, 0.1) is 12.7 Å². The molecule has 154 valence electrons. The molecule has 2 amide bonds. The van der Waals surface area contributed by atoms with Gasteiger partial charge in [-0.25, -0.2) is 9.59 Å². The van der Waals surface area contributed by atoms with Crippen LogP contribution in [-0.4, -0.2) is 50.2 Å². The number of carbonyl (C=O) groups excluding carboxylic acids is 2. The molecule has 3 rings (SSSR count). The first kappa shape index (κ1) is 20.7. The van der Waals surface area contributed by atoms with Crippen molar-refractivity contribution in [3.05, 3.63) is 59.2 Å². The maximum Gasteiger partial charge on any atom is 0.337 e. The average Bonchev–Trinajstić information content (AvgIpc) is 2.74. The van der Waals surface area contributed by atoms with Crippen molar-refractivity contribution in [1.29, 1.82) is 0 Å². The van der Waals surface area contributed by atoms with Crippen LogP contribution in [0.5, 0.6) is 0 Å². The fourth-order valence-corrected chi connectivity index (χ4v) is 3.62. The van der Waals surface area contributed by atoms with Crippen molar-refractivity contribution >= 4 is 23.4 Å². The molecular weight excluding hydrogens is 366 g/mol. The highest BCUT2D eigenvalue weighted by atomic mass is 16.5. The zero-order chi connectivity index (χ0) is 21.0. The number of ether oxygens (including phenoxy) is 1. The molecule has 1 aliphatic rings. The van der Waals surface area contributed by atoms with E-state index >= 15 is 0 Å². The van der Waals surface area contributed by atoms with Gasteiger partial charge in [0.15, 0.2) is 0 Å². The number of nitrogens with one attached hydrogen (secondary N) is 1. The normalized spacial score (nSPS) is 14.1. The molecule has 6 nitrogen and oxygen atoms in total. The van der Waals surface area contributed by atoms with Crippen molar-refractivity contribution in [3.8, 4) is 0 Å². The van der Waals surface area contributed by atoms with Crippen molar-refractivity contribution in [2.75, 3.05) is 43.5 Å². The molecule has 0 unspecified atom stereocenters. The van der Waals surface area contributed by atoms with E-state index < -0.39 is 0 Å². The van der Waals surface area contributed by atoms with E-state index in [0.29, 0.717) is 24.6 Å². The van der Waals surface area contributed by atoms with Crippen molar-refractivity contribution in [1.82, 2.24) is 4.90 Å². The first-order valence-corrected chi connectivity index (χ1v) is 9.99. The molecule has 0 bridgehead atoms. The van der Waals surface area contributed by atoms with E-state index in [4.69, 9.17) is 4.74 Å². The molecule has 0 atom stereocenters. The molecule has 0 spiro atoms. The summed E-state index contributed by atoms with van der Waals surface area (Å²) in [5, 5.41) is 3.13. The SMILES string of the molecule is COC(=O)c1ccc(N2CCN(C(=O)Nc3c(C)cccc3C(C)C)CC2)cc1. The Labute approximate surface area is 172 Å². The molecule has 6 heteroatoms. The number of nitrogens with zero attached hydrogens (tertiary/aromatic N) is 2. The predicted octanol–water partition coefficient (Wildman–Crippen LogP) is 4.26. The van der Waals surface area contributed by atoms with E-state index in [2.05, 4.69) is 30.1 Å². The van der Waals surface area contributed by atoms with Gasteiger partial charge in [-0.1, -0.05) is 32.0 Å². The second kappa shape index (κ2) is 8.99. The van der Waals surface area contributed by atoms with Gasteiger partial charge >= 0.3 is 12.0 Å². The number of hydrogen-bond acceptors (Lipinski definition) is 4. The Kier molecular flexibility index (Phi) is 6.42. The van der Waals surface area contributed by atoms with Crippen LogP contribution in [0, 0.1) is 6.92 Å². The number of methoxy groups -OCH3 is 1. The number of urea groups is 1. The summed E-state index contributed by atoms with van der Waals surface area (Å²) in [7, 11) is 1.38. The maximum atomic E-state index is 12.8. The topological polar surface area (TPSA) is 61.9 Å². The Balaban J connectivity index is 1.61. The largest absolute Gasteiger partial charge is 0.465 e. The Morgan fingerprint density at radius 1 is 1.00 bits per heavy atom. The fourth-order valence-electron chi connectivity index (χ4n) is 3.62. The van der Waals surface area contributed by atoms with E-state index in [1.165, 1.54) is 7.11 Å². The molecule has 1 saturated heterocycles. The highest BCUT2D eigenvalue weighted by molar-refractivity contribution is 5.91. The molecule has 1 fully saturated rings. The van der Waals surface area contributed by atoms with Crippen LogP contribution in [0.4, 0.5) is 16.2 Å². The monoisotopic (exact) mass is 395 g/mol. The third-order valence-electron chi connectivity index (χ3n) is 5.38. The summed E-state index contributed by atoms with van der Waals surface area (Å²) in [4.78, 5) is 28.5. The Bertz CT molecular complexity index is 869. The third-order valence-corrected chi connectivity index (χ3v) is 5.38. The lowest BCUT2D eigenvalue weighted by molar-refractivity contribution is 0.0600. The molecule has 1 heterocycles. The lowest BCUT2D eigenvalue weighted by Crippen LogP contribution is -2.50.